The Labute approximate surface area is 140 Å². The predicted molar refractivity (Wildman–Crippen MR) is 87.6 cm³/mol. The smallest absolute Gasteiger partial charge is 0.311 e. The maximum absolute atomic E-state index is 12.3. The minimum Gasteiger partial charge on any atom is -0.469 e. The third-order valence-electron chi connectivity index (χ3n) is 5.94. The summed E-state index contributed by atoms with van der Waals surface area (Å²) in [5.41, 5.74) is -0.466. The molecule has 0 heterocycles. The summed E-state index contributed by atoms with van der Waals surface area (Å²) in [6, 6.07) is 0. The first-order valence-corrected chi connectivity index (χ1v) is 9.74. The second-order valence-electron chi connectivity index (χ2n) is 7.36. The highest BCUT2D eigenvalue weighted by Crippen LogP contribution is 2.60. The molecule has 0 aromatic heterocycles. The van der Waals surface area contributed by atoms with Crippen molar-refractivity contribution in [1.29, 1.82) is 0 Å². The van der Waals surface area contributed by atoms with E-state index in [2.05, 4.69) is 20.8 Å². The summed E-state index contributed by atoms with van der Waals surface area (Å²) < 4.78 is 22.6. The molecule has 0 aliphatic heterocycles. The maximum Gasteiger partial charge on any atom is 0.311 e. The molecule has 0 saturated heterocycles. The Morgan fingerprint density at radius 3 is 2.59 bits per heavy atom. The predicted octanol–water partition coefficient (Wildman–Crippen LogP) is 3.36. The SMILES string of the molecule is COC(=O)[C@]1(C)C[C@@H]2[C@@H](OS(=O)CCl)[C@@H](C)[C@H]1C[C@H]2C(C)C. The Bertz CT molecular complexity index is 455. The van der Waals surface area contributed by atoms with Crippen LogP contribution in [0.15, 0.2) is 0 Å². The van der Waals surface area contributed by atoms with Gasteiger partial charge in [0.05, 0.1) is 18.6 Å². The number of fused-ring (bicyclic) bond motifs is 3. The average Bonchev–Trinajstić information content (AvgIpc) is 2.49. The molecule has 3 saturated carbocycles. The molecular weight excluding hydrogens is 324 g/mol. The third-order valence-corrected chi connectivity index (χ3v) is 7.09. The lowest BCUT2D eigenvalue weighted by molar-refractivity contribution is -0.184. The molecule has 1 unspecified atom stereocenters. The number of halogens is 1. The van der Waals surface area contributed by atoms with Crippen molar-refractivity contribution < 1.29 is 17.9 Å². The molecule has 7 atom stereocenters. The van der Waals surface area contributed by atoms with E-state index < -0.39 is 16.5 Å². The standard InChI is InChI=1S/C16H27ClO4S/c1-9(2)11-6-13-10(3)14(21-22(19)8-17)12(11)7-16(13,4)15(18)20-5/h9-14H,6-8H2,1-5H3/t10-,11-,12-,13+,14-,16+,22?/m0/s1. The largest absolute Gasteiger partial charge is 0.469 e. The van der Waals surface area contributed by atoms with Crippen molar-refractivity contribution in [2.45, 2.75) is 46.6 Å². The van der Waals surface area contributed by atoms with Crippen LogP contribution in [0.25, 0.3) is 0 Å². The van der Waals surface area contributed by atoms with E-state index in [9.17, 15) is 9.00 Å². The molecule has 6 heteroatoms. The van der Waals surface area contributed by atoms with Crippen LogP contribution in [0.4, 0.5) is 0 Å². The lowest BCUT2D eigenvalue weighted by Gasteiger charge is -2.58. The average molecular weight is 351 g/mol. The molecule has 0 aromatic carbocycles. The van der Waals surface area contributed by atoms with E-state index in [1.807, 2.05) is 6.92 Å². The van der Waals surface area contributed by atoms with Gasteiger partial charge in [-0.05, 0) is 49.4 Å². The molecular formula is C16H27ClO4S. The zero-order chi connectivity index (χ0) is 16.7. The molecule has 0 amide bonds. The van der Waals surface area contributed by atoms with Gasteiger partial charge in [0.15, 0.2) is 11.1 Å². The number of hydrogen-bond acceptors (Lipinski definition) is 4. The van der Waals surface area contributed by atoms with Crippen LogP contribution in [0.5, 0.6) is 0 Å². The first-order valence-electron chi connectivity index (χ1n) is 7.96. The van der Waals surface area contributed by atoms with Crippen LogP contribution in [0.2, 0.25) is 0 Å². The van der Waals surface area contributed by atoms with Gasteiger partial charge >= 0.3 is 5.97 Å². The first kappa shape index (κ1) is 18.2. The van der Waals surface area contributed by atoms with Crippen molar-refractivity contribution in [2.75, 3.05) is 12.3 Å². The summed E-state index contributed by atoms with van der Waals surface area (Å²) in [7, 11) is 1.46. The fraction of sp³-hybridized carbons (Fsp3) is 0.938. The van der Waals surface area contributed by atoms with Gasteiger partial charge in [0.1, 0.15) is 5.21 Å². The van der Waals surface area contributed by atoms with Gasteiger partial charge in [-0.2, -0.15) is 0 Å². The van der Waals surface area contributed by atoms with Crippen LogP contribution in [-0.2, 0) is 24.8 Å². The van der Waals surface area contributed by atoms with Crippen molar-refractivity contribution in [2.24, 2.45) is 35.0 Å². The molecule has 22 heavy (non-hydrogen) atoms. The van der Waals surface area contributed by atoms with E-state index in [-0.39, 0.29) is 35.0 Å². The fourth-order valence-electron chi connectivity index (χ4n) is 4.84. The number of rotatable bonds is 5. The maximum atomic E-state index is 12.3. The zero-order valence-corrected chi connectivity index (χ0v) is 15.6. The second-order valence-corrected chi connectivity index (χ2v) is 9.03. The molecule has 3 aliphatic carbocycles. The number of methoxy groups -OCH3 is 1. The van der Waals surface area contributed by atoms with Gasteiger partial charge in [-0.15, -0.1) is 11.6 Å². The highest BCUT2D eigenvalue weighted by molar-refractivity contribution is 7.81. The van der Waals surface area contributed by atoms with Crippen LogP contribution in [0, 0.1) is 35.0 Å². The molecule has 4 nitrogen and oxygen atoms in total. The van der Waals surface area contributed by atoms with Crippen LogP contribution >= 0.6 is 11.6 Å². The minimum absolute atomic E-state index is 0.0127. The Morgan fingerprint density at radius 1 is 1.45 bits per heavy atom. The number of esters is 1. The second kappa shape index (κ2) is 6.78. The summed E-state index contributed by atoms with van der Waals surface area (Å²) in [5, 5.41) is -0.0127. The van der Waals surface area contributed by atoms with E-state index in [0.717, 1.165) is 12.8 Å². The summed E-state index contributed by atoms with van der Waals surface area (Å²) in [4.78, 5) is 12.3. The lowest BCUT2D eigenvalue weighted by atomic mass is 9.47. The zero-order valence-electron chi connectivity index (χ0n) is 14.0. The Morgan fingerprint density at radius 2 is 2.09 bits per heavy atom. The number of alkyl halides is 1. The summed E-state index contributed by atoms with van der Waals surface area (Å²) in [6.45, 7) is 8.53. The van der Waals surface area contributed by atoms with Gasteiger partial charge < -0.3 is 4.74 Å². The Balaban J connectivity index is 2.32. The number of hydrogen-bond donors (Lipinski definition) is 0. The van der Waals surface area contributed by atoms with Gasteiger partial charge in [0.2, 0.25) is 0 Å². The van der Waals surface area contributed by atoms with Crippen LogP contribution in [0.3, 0.4) is 0 Å². The van der Waals surface area contributed by atoms with Gasteiger partial charge in [-0.3, -0.25) is 8.98 Å². The lowest BCUT2D eigenvalue weighted by Crippen LogP contribution is -2.60. The normalized spacial score (nSPS) is 42.4. The number of carbonyl (C=O) groups excluding carboxylic acids is 1. The van der Waals surface area contributed by atoms with Gasteiger partial charge in [-0.25, -0.2) is 4.21 Å². The summed E-state index contributed by atoms with van der Waals surface area (Å²) in [5.74, 6) is 1.44. The van der Waals surface area contributed by atoms with Crippen molar-refractivity contribution in [3.8, 4) is 0 Å². The van der Waals surface area contributed by atoms with Crippen molar-refractivity contribution >= 4 is 28.7 Å². The van der Waals surface area contributed by atoms with E-state index in [0.29, 0.717) is 11.8 Å². The topological polar surface area (TPSA) is 52.6 Å². The molecule has 0 spiro atoms. The van der Waals surface area contributed by atoms with E-state index in [4.69, 9.17) is 20.5 Å². The summed E-state index contributed by atoms with van der Waals surface area (Å²) in [6.07, 6.45) is 1.65. The monoisotopic (exact) mass is 350 g/mol. The van der Waals surface area contributed by atoms with Gasteiger partial charge in [0, 0.05) is 0 Å². The molecule has 128 valence electrons. The van der Waals surface area contributed by atoms with E-state index in [1.54, 1.807) is 0 Å². The quantitative estimate of drug-likeness (QED) is 0.563. The van der Waals surface area contributed by atoms with Gasteiger partial charge in [-0.1, -0.05) is 20.8 Å². The summed E-state index contributed by atoms with van der Waals surface area (Å²) >= 11 is 4.19. The van der Waals surface area contributed by atoms with E-state index in [1.165, 1.54) is 7.11 Å². The Kier molecular flexibility index (Phi) is 5.61. The highest BCUT2D eigenvalue weighted by atomic mass is 35.5. The Hall–Kier alpha value is -0.130. The van der Waals surface area contributed by atoms with E-state index >= 15 is 0 Å². The van der Waals surface area contributed by atoms with Crippen molar-refractivity contribution in [1.82, 2.24) is 0 Å². The molecule has 3 aliphatic rings. The number of ether oxygens (including phenoxy) is 1. The third kappa shape index (κ3) is 2.96. The molecule has 3 fully saturated rings. The fourth-order valence-corrected chi connectivity index (χ4v) is 5.61. The van der Waals surface area contributed by atoms with Crippen molar-refractivity contribution in [3.63, 3.8) is 0 Å². The van der Waals surface area contributed by atoms with Crippen molar-refractivity contribution in [3.05, 3.63) is 0 Å². The molecule has 0 aromatic rings. The first-order chi connectivity index (χ1) is 10.3. The van der Waals surface area contributed by atoms with Gasteiger partial charge in [0.25, 0.3) is 0 Å². The highest BCUT2D eigenvalue weighted by Gasteiger charge is 2.60. The minimum atomic E-state index is -1.46. The molecule has 0 radical (unpaired) electrons. The molecule has 2 bridgehead atoms. The number of carbonyl (C=O) groups is 1. The van der Waals surface area contributed by atoms with Crippen LogP contribution in [0.1, 0.15) is 40.5 Å². The van der Waals surface area contributed by atoms with Crippen LogP contribution in [-0.4, -0.2) is 28.6 Å². The molecule has 3 rings (SSSR count). The van der Waals surface area contributed by atoms with Crippen LogP contribution < -0.4 is 0 Å². The molecule has 0 N–H and O–H groups in total.